The molecule has 2 heterocycles. The van der Waals surface area contributed by atoms with E-state index in [0.717, 1.165) is 29.9 Å². The maximum Gasteiger partial charge on any atom is 0.145 e. The van der Waals surface area contributed by atoms with Crippen LogP contribution < -0.4 is 10.1 Å². The molecule has 1 saturated heterocycles. The Balaban J connectivity index is 1.56. The van der Waals surface area contributed by atoms with E-state index in [9.17, 15) is 0 Å². The summed E-state index contributed by atoms with van der Waals surface area (Å²) < 4.78 is 5.91. The van der Waals surface area contributed by atoms with Gasteiger partial charge in [0.2, 0.25) is 0 Å². The van der Waals surface area contributed by atoms with Crippen molar-refractivity contribution in [2.24, 2.45) is 11.8 Å². The van der Waals surface area contributed by atoms with Gasteiger partial charge in [-0.1, -0.05) is 18.2 Å². The average molecular weight is 280 g/mol. The Bertz CT molecular complexity index is 614. The highest BCUT2D eigenvalue weighted by atomic mass is 16.5. The molecule has 0 spiro atoms. The summed E-state index contributed by atoms with van der Waals surface area (Å²) in [4.78, 5) is 4.39. The van der Waals surface area contributed by atoms with E-state index in [-0.39, 0.29) is 0 Å². The van der Waals surface area contributed by atoms with Gasteiger partial charge in [0, 0.05) is 6.20 Å². The molecule has 1 aliphatic carbocycles. The number of nitrogens with zero attached hydrogens (tertiary/aromatic N) is 1. The van der Waals surface area contributed by atoms with Gasteiger partial charge in [0.05, 0.1) is 6.20 Å². The Labute approximate surface area is 125 Å². The van der Waals surface area contributed by atoms with Crippen molar-refractivity contribution >= 4 is 0 Å². The molecule has 4 rings (SSSR count). The summed E-state index contributed by atoms with van der Waals surface area (Å²) in [5.41, 5.74) is 1.33. The predicted octanol–water partition coefficient (Wildman–Crippen LogP) is 3.59. The molecule has 3 heteroatoms. The highest BCUT2D eigenvalue weighted by Crippen LogP contribution is 2.45. The fraction of sp³-hybridized carbons (Fsp3) is 0.389. The molecule has 0 radical (unpaired) electrons. The van der Waals surface area contributed by atoms with Gasteiger partial charge < -0.3 is 10.1 Å². The van der Waals surface area contributed by atoms with E-state index in [1.165, 1.54) is 24.9 Å². The normalized spacial score (nSPS) is 27.5. The van der Waals surface area contributed by atoms with Crippen LogP contribution in [0, 0.1) is 11.8 Å². The first-order valence-electron chi connectivity index (χ1n) is 7.77. The third-order valence-electron chi connectivity index (χ3n) is 4.77. The summed E-state index contributed by atoms with van der Waals surface area (Å²) in [7, 11) is 0. The molecule has 2 aromatic rings. The zero-order valence-electron chi connectivity index (χ0n) is 12.0. The molecular weight excluding hydrogens is 260 g/mol. The lowest BCUT2D eigenvalue weighted by Gasteiger charge is -2.22. The minimum absolute atomic E-state index is 0.636. The van der Waals surface area contributed by atoms with Crippen LogP contribution in [0.25, 0.3) is 0 Å². The monoisotopic (exact) mass is 280 g/mol. The molecule has 1 saturated carbocycles. The van der Waals surface area contributed by atoms with E-state index in [0.29, 0.717) is 5.92 Å². The molecule has 3 nitrogen and oxygen atoms in total. The van der Waals surface area contributed by atoms with Crippen LogP contribution in [0.15, 0.2) is 48.8 Å². The summed E-state index contributed by atoms with van der Waals surface area (Å²) in [6, 6.07) is 12.1. The third-order valence-corrected chi connectivity index (χ3v) is 4.77. The van der Waals surface area contributed by atoms with Crippen molar-refractivity contribution in [3.63, 3.8) is 0 Å². The number of hydrogen-bond acceptors (Lipinski definition) is 3. The molecule has 108 valence electrons. The third kappa shape index (κ3) is 2.66. The molecule has 2 aliphatic rings. The zero-order valence-corrected chi connectivity index (χ0v) is 12.0. The van der Waals surface area contributed by atoms with E-state index < -0.39 is 0 Å². The fourth-order valence-corrected chi connectivity index (χ4v) is 3.83. The maximum absolute atomic E-state index is 5.91. The second kappa shape index (κ2) is 5.49. The van der Waals surface area contributed by atoms with Gasteiger partial charge in [0.25, 0.3) is 0 Å². The van der Waals surface area contributed by atoms with Gasteiger partial charge in [-0.05, 0) is 67.4 Å². The highest BCUT2D eigenvalue weighted by Gasteiger charge is 2.37. The highest BCUT2D eigenvalue weighted by molar-refractivity contribution is 5.33. The zero-order chi connectivity index (χ0) is 14.1. The van der Waals surface area contributed by atoms with Gasteiger partial charge in [0.1, 0.15) is 11.5 Å². The predicted molar refractivity (Wildman–Crippen MR) is 82.6 cm³/mol. The fourth-order valence-electron chi connectivity index (χ4n) is 3.83. The van der Waals surface area contributed by atoms with Crippen LogP contribution in [-0.2, 0) is 0 Å². The topological polar surface area (TPSA) is 34.1 Å². The molecule has 2 fully saturated rings. The second-order valence-electron chi connectivity index (χ2n) is 6.23. The molecule has 1 aromatic carbocycles. The van der Waals surface area contributed by atoms with Crippen LogP contribution in [0.4, 0.5) is 0 Å². The summed E-state index contributed by atoms with van der Waals surface area (Å²) in [6.45, 7) is 2.32. The average Bonchev–Trinajstić information content (AvgIpc) is 2.83. The molecule has 3 unspecified atom stereocenters. The lowest BCUT2D eigenvalue weighted by Crippen LogP contribution is -2.31. The maximum atomic E-state index is 5.91. The van der Waals surface area contributed by atoms with Gasteiger partial charge in [-0.2, -0.15) is 0 Å². The summed E-state index contributed by atoms with van der Waals surface area (Å²) >= 11 is 0. The lowest BCUT2D eigenvalue weighted by molar-refractivity contribution is 0.370. The molecule has 2 bridgehead atoms. The standard InChI is InChI=1S/C18H20N2O/c1-2-4-16(5-3-1)21-17-8-15(11-20-12-17)18-7-13-6-14(18)10-19-9-13/h1-5,8,11-14,18-19H,6-7,9-10H2. The number of nitrogens with one attached hydrogen (secondary N) is 1. The van der Waals surface area contributed by atoms with Crippen molar-refractivity contribution in [2.45, 2.75) is 18.8 Å². The summed E-state index contributed by atoms with van der Waals surface area (Å²) in [5, 5.41) is 3.55. The Morgan fingerprint density at radius 3 is 2.76 bits per heavy atom. The van der Waals surface area contributed by atoms with Crippen molar-refractivity contribution in [3.05, 3.63) is 54.4 Å². The minimum atomic E-state index is 0.636. The van der Waals surface area contributed by atoms with Crippen LogP contribution in [0.1, 0.15) is 24.3 Å². The number of para-hydroxylation sites is 1. The Kier molecular flexibility index (Phi) is 3.36. The molecular formula is C18H20N2O. The molecule has 0 amide bonds. The number of fused-ring (bicyclic) bond motifs is 2. The SMILES string of the molecule is c1ccc(Oc2cncc(C3CC4CNCC3C4)c2)cc1. The van der Waals surface area contributed by atoms with Crippen molar-refractivity contribution in [1.29, 1.82) is 0 Å². The van der Waals surface area contributed by atoms with E-state index in [1.54, 1.807) is 6.20 Å². The van der Waals surface area contributed by atoms with Crippen LogP contribution in [0.5, 0.6) is 11.5 Å². The van der Waals surface area contributed by atoms with Gasteiger partial charge in [-0.3, -0.25) is 4.98 Å². The molecule has 1 aromatic heterocycles. The molecule has 1 N–H and O–H groups in total. The van der Waals surface area contributed by atoms with Gasteiger partial charge in [0.15, 0.2) is 0 Å². The Morgan fingerprint density at radius 1 is 1.00 bits per heavy atom. The smallest absolute Gasteiger partial charge is 0.145 e. The van der Waals surface area contributed by atoms with Gasteiger partial charge >= 0.3 is 0 Å². The van der Waals surface area contributed by atoms with E-state index in [4.69, 9.17) is 4.74 Å². The van der Waals surface area contributed by atoms with Crippen molar-refractivity contribution < 1.29 is 4.74 Å². The van der Waals surface area contributed by atoms with Gasteiger partial charge in [-0.25, -0.2) is 0 Å². The number of benzene rings is 1. The quantitative estimate of drug-likeness (QED) is 0.933. The lowest BCUT2D eigenvalue weighted by atomic mass is 9.90. The Hall–Kier alpha value is -1.87. The number of ether oxygens (including phenoxy) is 1. The number of rotatable bonds is 3. The molecule has 21 heavy (non-hydrogen) atoms. The van der Waals surface area contributed by atoms with Crippen LogP contribution in [0.3, 0.4) is 0 Å². The first-order chi connectivity index (χ1) is 10.4. The van der Waals surface area contributed by atoms with E-state index in [1.807, 2.05) is 36.5 Å². The minimum Gasteiger partial charge on any atom is -0.456 e. The molecule has 3 atom stereocenters. The first-order valence-corrected chi connectivity index (χ1v) is 7.77. The first kappa shape index (κ1) is 12.8. The van der Waals surface area contributed by atoms with Crippen molar-refractivity contribution in [1.82, 2.24) is 10.3 Å². The van der Waals surface area contributed by atoms with Crippen LogP contribution in [0.2, 0.25) is 0 Å². The number of pyridine rings is 1. The summed E-state index contributed by atoms with van der Waals surface area (Å²) in [6.07, 6.45) is 6.47. The van der Waals surface area contributed by atoms with E-state index in [2.05, 4.69) is 16.4 Å². The van der Waals surface area contributed by atoms with Crippen molar-refractivity contribution in [2.75, 3.05) is 13.1 Å². The van der Waals surface area contributed by atoms with Crippen molar-refractivity contribution in [3.8, 4) is 11.5 Å². The molecule has 1 aliphatic heterocycles. The second-order valence-corrected chi connectivity index (χ2v) is 6.23. The summed E-state index contributed by atoms with van der Waals surface area (Å²) in [5.74, 6) is 3.94. The van der Waals surface area contributed by atoms with Crippen LogP contribution >= 0.6 is 0 Å². The number of piperidine rings is 1. The largest absolute Gasteiger partial charge is 0.456 e. The number of aromatic nitrogens is 1. The van der Waals surface area contributed by atoms with Crippen LogP contribution in [-0.4, -0.2) is 18.1 Å². The van der Waals surface area contributed by atoms with Gasteiger partial charge in [-0.15, -0.1) is 0 Å². The van der Waals surface area contributed by atoms with E-state index >= 15 is 0 Å². The number of hydrogen-bond donors (Lipinski definition) is 1. The Morgan fingerprint density at radius 2 is 1.90 bits per heavy atom.